The van der Waals surface area contributed by atoms with Crippen molar-refractivity contribution < 1.29 is 14.7 Å². The van der Waals surface area contributed by atoms with Gasteiger partial charge in [-0.25, -0.2) is 9.78 Å². The first-order chi connectivity index (χ1) is 8.66. The van der Waals surface area contributed by atoms with Gasteiger partial charge in [0.15, 0.2) is 0 Å². The molecule has 0 spiro atoms. The molecule has 0 radical (unpaired) electrons. The van der Waals surface area contributed by atoms with Crippen molar-refractivity contribution in [2.45, 2.75) is 31.3 Å². The Bertz CT molecular complexity index is 412. The summed E-state index contributed by atoms with van der Waals surface area (Å²) in [6.07, 6.45) is 4.93. The Morgan fingerprint density at radius 2 is 2.44 bits per heavy atom. The quantitative estimate of drug-likeness (QED) is 0.553. The largest absolute Gasteiger partial charge is 0.480 e. The van der Waals surface area contributed by atoms with E-state index in [-0.39, 0.29) is 18.4 Å². The van der Waals surface area contributed by atoms with Crippen molar-refractivity contribution >= 4 is 11.9 Å². The molecule has 0 saturated carbocycles. The second-order valence-corrected chi connectivity index (χ2v) is 4.33. The van der Waals surface area contributed by atoms with E-state index < -0.39 is 12.0 Å². The van der Waals surface area contributed by atoms with E-state index in [2.05, 4.69) is 20.6 Å². The van der Waals surface area contributed by atoms with Crippen molar-refractivity contribution in [1.82, 2.24) is 20.6 Å². The van der Waals surface area contributed by atoms with E-state index in [1.165, 1.54) is 6.33 Å². The lowest BCUT2D eigenvalue weighted by Crippen LogP contribution is -2.49. The maximum Gasteiger partial charge on any atom is 0.326 e. The molecule has 1 saturated heterocycles. The molecule has 7 nitrogen and oxygen atoms in total. The highest BCUT2D eigenvalue weighted by Gasteiger charge is 2.27. The molecule has 2 rings (SSSR count). The number of hydrogen-bond acceptors (Lipinski definition) is 4. The first kappa shape index (κ1) is 12.6. The number of nitrogens with one attached hydrogen (secondary N) is 3. The molecule has 2 atom stereocenters. The van der Waals surface area contributed by atoms with Crippen LogP contribution in [-0.2, 0) is 16.0 Å². The fourth-order valence-electron chi connectivity index (χ4n) is 2.00. The zero-order valence-corrected chi connectivity index (χ0v) is 9.85. The maximum atomic E-state index is 11.8. The summed E-state index contributed by atoms with van der Waals surface area (Å²) in [6, 6.07) is -1.20. The van der Waals surface area contributed by atoms with E-state index in [0.29, 0.717) is 5.69 Å². The predicted molar refractivity (Wildman–Crippen MR) is 62.9 cm³/mol. The average molecular weight is 252 g/mol. The Balaban J connectivity index is 1.93. The Kier molecular flexibility index (Phi) is 3.93. The van der Waals surface area contributed by atoms with Crippen molar-refractivity contribution in [3.05, 3.63) is 18.2 Å². The minimum absolute atomic E-state index is 0.202. The van der Waals surface area contributed by atoms with Gasteiger partial charge in [0.2, 0.25) is 5.91 Å². The minimum Gasteiger partial charge on any atom is -0.480 e. The van der Waals surface area contributed by atoms with E-state index in [0.717, 1.165) is 19.4 Å². The van der Waals surface area contributed by atoms with Crippen LogP contribution >= 0.6 is 0 Å². The summed E-state index contributed by atoms with van der Waals surface area (Å²) in [5.41, 5.74) is 0.682. The molecule has 1 aliphatic rings. The molecule has 18 heavy (non-hydrogen) atoms. The molecule has 0 aromatic carbocycles. The lowest BCUT2D eigenvalue weighted by atomic mass is 10.1. The van der Waals surface area contributed by atoms with Gasteiger partial charge in [0.05, 0.1) is 12.4 Å². The zero-order chi connectivity index (χ0) is 13.0. The van der Waals surface area contributed by atoms with Gasteiger partial charge in [0.1, 0.15) is 6.04 Å². The maximum absolute atomic E-state index is 11.8. The molecule has 2 heterocycles. The van der Waals surface area contributed by atoms with Crippen LogP contribution in [-0.4, -0.2) is 45.6 Å². The summed E-state index contributed by atoms with van der Waals surface area (Å²) in [5.74, 6) is -1.30. The summed E-state index contributed by atoms with van der Waals surface area (Å²) in [4.78, 5) is 29.6. The van der Waals surface area contributed by atoms with Crippen LogP contribution < -0.4 is 10.6 Å². The number of amides is 1. The molecule has 7 heteroatoms. The molecular formula is C11H16N4O3. The molecule has 0 bridgehead atoms. The van der Waals surface area contributed by atoms with Crippen LogP contribution in [0.25, 0.3) is 0 Å². The Morgan fingerprint density at radius 3 is 3.00 bits per heavy atom. The molecular weight excluding hydrogens is 236 g/mol. The highest BCUT2D eigenvalue weighted by atomic mass is 16.4. The first-order valence-corrected chi connectivity index (χ1v) is 5.90. The average Bonchev–Trinajstić information content (AvgIpc) is 3.00. The smallest absolute Gasteiger partial charge is 0.326 e. The van der Waals surface area contributed by atoms with Crippen LogP contribution in [0.15, 0.2) is 12.5 Å². The van der Waals surface area contributed by atoms with Crippen molar-refractivity contribution in [3.63, 3.8) is 0 Å². The fraction of sp³-hybridized carbons (Fsp3) is 0.545. The fourth-order valence-corrected chi connectivity index (χ4v) is 2.00. The lowest BCUT2D eigenvalue weighted by Gasteiger charge is -2.16. The van der Waals surface area contributed by atoms with Gasteiger partial charge in [0, 0.05) is 18.3 Å². The number of carbonyl (C=O) groups excluding carboxylic acids is 1. The van der Waals surface area contributed by atoms with Gasteiger partial charge in [-0.2, -0.15) is 0 Å². The van der Waals surface area contributed by atoms with Crippen LogP contribution in [0.3, 0.4) is 0 Å². The van der Waals surface area contributed by atoms with Crippen LogP contribution in [0.5, 0.6) is 0 Å². The standard InChI is InChI=1S/C11H16N4O3/c16-10(8-2-1-3-13-8)15-9(11(17)18)4-7-5-12-6-14-7/h5-6,8-9,13H,1-4H2,(H,12,14)(H,15,16)(H,17,18)/t8-,9?/m1/s1. The summed E-state index contributed by atoms with van der Waals surface area (Å²) in [6.45, 7) is 0.802. The van der Waals surface area contributed by atoms with Gasteiger partial charge in [-0.1, -0.05) is 0 Å². The van der Waals surface area contributed by atoms with Gasteiger partial charge in [0.25, 0.3) is 0 Å². The number of aromatic amines is 1. The van der Waals surface area contributed by atoms with Crippen LogP contribution in [0.1, 0.15) is 18.5 Å². The highest BCUT2D eigenvalue weighted by molar-refractivity contribution is 5.87. The van der Waals surface area contributed by atoms with Gasteiger partial charge in [-0.3, -0.25) is 4.79 Å². The number of carboxylic acid groups (broad SMARTS) is 1. The highest BCUT2D eigenvalue weighted by Crippen LogP contribution is 2.06. The number of hydrogen-bond donors (Lipinski definition) is 4. The third-order valence-electron chi connectivity index (χ3n) is 2.97. The Hall–Kier alpha value is -1.89. The predicted octanol–water partition coefficient (Wildman–Crippen LogP) is -0.726. The summed E-state index contributed by atoms with van der Waals surface area (Å²) in [5, 5.41) is 14.7. The number of carbonyl (C=O) groups is 2. The van der Waals surface area contributed by atoms with Crippen LogP contribution in [0.4, 0.5) is 0 Å². The Morgan fingerprint density at radius 1 is 1.61 bits per heavy atom. The second kappa shape index (κ2) is 5.63. The van der Waals surface area contributed by atoms with E-state index in [9.17, 15) is 9.59 Å². The molecule has 0 aliphatic carbocycles. The second-order valence-electron chi connectivity index (χ2n) is 4.33. The minimum atomic E-state index is -1.05. The number of aromatic nitrogens is 2. The number of nitrogens with zero attached hydrogens (tertiary/aromatic N) is 1. The first-order valence-electron chi connectivity index (χ1n) is 5.90. The molecule has 1 aromatic rings. The molecule has 1 aliphatic heterocycles. The Labute approximate surface area is 104 Å². The summed E-state index contributed by atoms with van der Waals surface area (Å²) >= 11 is 0. The number of imidazole rings is 1. The number of H-pyrrole nitrogens is 1. The molecule has 4 N–H and O–H groups in total. The summed E-state index contributed by atoms with van der Waals surface area (Å²) in [7, 11) is 0. The van der Waals surface area contributed by atoms with Crippen molar-refractivity contribution in [2.24, 2.45) is 0 Å². The van der Waals surface area contributed by atoms with E-state index in [1.807, 2.05) is 0 Å². The van der Waals surface area contributed by atoms with Crippen molar-refractivity contribution in [3.8, 4) is 0 Å². The molecule has 1 unspecified atom stereocenters. The summed E-state index contributed by atoms with van der Waals surface area (Å²) < 4.78 is 0. The van der Waals surface area contributed by atoms with Crippen LogP contribution in [0.2, 0.25) is 0 Å². The van der Waals surface area contributed by atoms with Crippen molar-refractivity contribution in [1.29, 1.82) is 0 Å². The number of carboxylic acids is 1. The monoisotopic (exact) mass is 252 g/mol. The zero-order valence-electron chi connectivity index (χ0n) is 9.85. The number of aliphatic carboxylic acids is 1. The van der Waals surface area contributed by atoms with Gasteiger partial charge in [-0.05, 0) is 19.4 Å². The lowest BCUT2D eigenvalue weighted by molar-refractivity contribution is -0.142. The SMILES string of the molecule is O=C(O)C(Cc1cnc[nH]1)NC(=O)[C@H]1CCCN1. The third-order valence-corrected chi connectivity index (χ3v) is 2.97. The third kappa shape index (κ3) is 3.07. The topological polar surface area (TPSA) is 107 Å². The van der Waals surface area contributed by atoms with Gasteiger partial charge < -0.3 is 20.7 Å². The molecule has 98 valence electrons. The van der Waals surface area contributed by atoms with Gasteiger partial charge in [-0.15, -0.1) is 0 Å². The molecule has 1 fully saturated rings. The molecule has 1 aromatic heterocycles. The van der Waals surface area contributed by atoms with E-state index in [1.54, 1.807) is 6.20 Å². The van der Waals surface area contributed by atoms with E-state index in [4.69, 9.17) is 5.11 Å². The van der Waals surface area contributed by atoms with Crippen LogP contribution in [0, 0.1) is 0 Å². The van der Waals surface area contributed by atoms with E-state index >= 15 is 0 Å². The number of rotatable bonds is 5. The van der Waals surface area contributed by atoms with Crippen molar-refractivity contribution in [2.75, 3.05) is 6.54 Å². The normalized spacial score (nSPS) is 20.6. The van der Waals surface area contributed by atoms with Gasteiger partial charge >= 0.3 is 5.97 Å². The molecule has 1 amide bonds.